The molecule has 0 radical (unpaired) electrons. The van der Waals surface area contributed by atoms with Gasteiger partial charge in [-0.2, -0.15) is 5.10 Å². The van der Waals surface area contributed by atoms with Gasteiger partial charge in [-0.15, -0.1) is 0 Å². The number of aromatic nitrogens is 3. The van der Waals surface area contributed by atoms with Crippen molar-refractivity contribution in [2.75, 3.05) is 0 Å². The van der Waals surface area contributed by atoms with Gasteiger partial charge in [-0.25, -0.2) is 9.67 Å². The molecule has 2 aromatic rings. The highest BCUT2D eigenvalue weighted by Gasteiger charge is 2.33. The van der Waals surface area contributed by atoms with Crippen molar-refractivity contribution >= 4 is 23.2 Å². The van der Waals surface area contributed by atoms with Crippen LogP contribution in [-0.4, -0.2) is 32.1 Å². The highest BCUT2D eigenvalue weighted by molar-refractivity contribution is 6.35. The van der Waals surface area contributed by atoms with Gasteiger partial charge in [0.15, 0.2) is 0 Å². The van der Waals surface area contributed by atoms with E-state index in [4.69, 9.17) is 27.9 Å². The van der Waals surface area contributed by atoms with Gasteiger partial charge >= 0.3 is 0 Å². The Labute approximate surface area is 139 Å². The summed E-state index contributed by atoms with van der Waals surface area (Å²) in [6.45, 7) is 6.19. The third-order valence-electron chi connectivity index (χ3n) is 3.25. The zero-order valence-corrected chi connectivity index (χ0v) is 14.2. The van der Waals surface area contributed by atoms with Crippen molar-refractivity contribution in [2.24, 2.45) is 5.41 Å². The molecule has 1 aromatic heterocycles. The standard InChI is InChI=1S/C15H19Cl2N3O2/c1-15(2,3)14(21)13(7-20-9-18-8-19-20)22-12-5-4-10(16)6-11(12)17/h4-6,8-9,13-14,21H,7H2,1-3H3. The number of benzene rings is 1. The van der Waals surface area contributed by atoms with E-state index in [0.29, 0.717) is 22.3 Å². The Morgan fingerprint density at radius 2 is 2.05 bits per heavy atom. The van der Waals surface area contributed by atoms with Gasteiger partial charge < -0.3 is 9.84 Å². The minimum atomic E-state index is -0.719. The van der Waals surface area contributed by atoms with Gasteiger partial charge in [-0.1, -0.05) is 44.0 Å². The van der Waals surface area contributed by atoms with Crippen molar-refractivity contribution in [1.82, 2.24) is 14.8 Å². The molecule has 2 unspecified atom stereocenters. The van der Waals surface area contributed by atoms with Gasteiger partial charge in [0.1, 0.15) is 24.5 Å². The van der Waals surface area contributed by atoms with Crippen molar-refractivity contribution in [3.8, 4) is 5.75 Å². The topological polar surface area (TPSA) is 60.2 Å². The van der Waals surface area contributed by atoms with Crippen molar-refractivity contribution < 1.29 is 9.84 Å². The summed E-state index contributed by atoms with van der Waals surface area (Å²) in [5, 5.41) is 15.6. The number of hydrogen-bond donors (Lipinski definition) is 1. The highest BCUT2D eigenvalue weighted by atomic mass is 35.5. The van der Waals surface area contributed by atoms with Crippen LogP contribution in [0, 0.1) is 5.41 Å². The van der Waals surface area contributed by atoms with Crippen LogP contribution in [0.4, 0.5) is 0 Å². The van der Waals surface area contributed by atoms with Gasteiger partial charge in [0.2, 0.25) is 0 Å². The van der Waals surface area contributed by atoms with Gasteiger partial charge in [0.25, 0.3) is 0 Å². The lowest BCUT2D eigenvalue weighted by atomic mass is 9.85. The van der Waals surface area contributed by atoms with E-state index in [1.165, 1.54) is 6.33 Å². The fourth-order valence-electron chi connectivity index (χ4n) is 2.00. The van der Waals surface area contributed by atoms with Crippen molar-refractivity contribution in [2.45, 2.75) is 39.5 Å². The molecule has 0 aliphatic rings. The number of ether oxygens (including phenoxy) is 1. The Balaban J connectivity index is 2.23. The zero-order chi connectivity index (χ0) is 16.3. The first-order chi connectivity index (χ1) is 10.3. The maximum Gasteiger partial charge on any atom is 0.145 e. The predicted molar refractivity (Wildman–Crippen MR) is 86.4 cm³/mol. The molecule has 1 aromatic carbocycles. The SMILES string of the molecule is CC(C)(C)C(O)C(Cn1cncn1)Oc1ccc(Cl)cc1Cl. The molecule has 0 saturated heterocycles. The minimum Gasteiger partial charge on any atom is -0.484 e. The minimum absolute atomic E-state index is 0.357. The molecule has 0 spiro atoms. The molecular formula is C15H19Cl2N3O2. The zero-order valence-electron chi connectivity index (χ0n) is 12.7. The molecule has 7 heteroatoms. The molecule has 0 saturated carbocycles. The molecule has 22 heavy (non-hydrogen) atoms. The highest BCUT2D eigenvalue weighted by Crippen LogP contribution is 2.31. The van der Waals surface area contributed by atoms with E-state index in [2.05, 4.69) is 10.1 Å². The molecule has 0 fully saturated rings. The number of nitrogens with zero attached hydrogens (tertiary/aromatic N) is 3. The third kappa shape index (κ3) is 4.35. The average molecular weight is 344 g/mol. The summed E-state index contributed by atoms with van der Waals surface area (Å²) in [7, 11) is 0. The molecule has 0 aliphatic carbocycles. The first-order valence-electron chi connectivity index (χ1n) is 6.89. The normalized spacial score (nSPS) is 14.6. The van der Waals surface area contributed by atoms with Crippen LogP contribution in [0.3, 0.4) is 0 Å². The molecule has 1 N–H and O–H groups in total. The van der Waals surface area contributed by atoms with Crippen molar-refractivity contribution in [3.63, 3.8) is 0 Å². The summed E-state index contributed by atoms with van der Waals surface area (Å²) in [4.78, 5) is 3.90. The lowest BCUT2D eigenvalue weighted by molar-refractivity contribution is -0.0396. The largest absolute Gasteiger partial charge is 0.484 e. The van der Waals surface area contributed by atoms with Crippen LogP contribution in [0.25, 0.3) is 0 Å². The number of aliphatic hydroxyl groups is 1. The monoisotopic (exact) mass is 343 g/mol. The van der Waals surface area contributed by atoms with Crippen LogP contribution in [-0.2, 0) is 6.54 Å². The molecule has 2 atom stereocenters. The summed E-state index contributed by atoms with van der Waals surface area (Å²) < 4.78 is 7.55. The first kappa shape index (κ1) is 17.1. The predicted octanol–water partition coefficient (Wildman–Crippen LogP) is 3.44. The number of aliphatic hydroxyl groups excluding tert-OH is 1. The van der Waals surface area contributed by atoms with Crippen LogP contribution in [0.1, 0.15) is 20.8 Å². The molecule has 2 rings (SSSR count). The lowest BCUT2D eigenvalue weighted by Gasteiger charge is -2.33. The number of halogens is 2. The van der Waals surface area contributed by atoms with Crippen molar-refractivity contribution in [1.29, 1.82) is 0 Å². The fourth-order valence-corrected chi connectivity index (χ4v) is 2.46. The van der Waals surface area contributed by atoms with Gasteiger partial charge in [-0.3, -0.25) is 0 Å². The average Bonchev–Trinajstić information content (AvgIpc) is 2.92. The van der Waals surface area contributed by atoms with E-state index < -0.39 is 12.2 Å². The number of rotatable bonds is 5. The lowest BCUT2D eigenvalue weighted by Crippen LogP contribution is -2.44. The van der Waals surface area contributed by atoms with Crippen LogP contribution in [0.2, 0.25) is 10.0 Å². The van der Waals surface area contributed by atoms with Gasteiger partial charge in [-0.05, 0) is 23.6 Å². The fraction of sp³-hybridized carbons (Fsp3) is 0.467. The molecule has 0 amide bonds. The Kier molecular flexibility index (Phi) is 5.32. The molecule has 0 bridgehead atoms. The van der Waals surface area contributed by atoms with E-state index >= 15 is 0 Å². The molecule has 1 heterocycles. The molecule has 5 nitrogen and oxygen atoms in total. The van der Waals surface area contributed by atoms with E-state index in [1.807, 2.05) is 20.8 Å². The Morgan fingerprint density at radius 1 is 1.32 bits per heavy atom. The second-order valence-electron chi connectivity index (χ2n) is 6.16. The van der Waals surface area contributed by atoms with Gasteiger partial charge in [0.05, 0.1) is 17.7 Å². The second kappa shape index (κ2) is 6.86. The van der Waals surface area contributed by atoms with Crippen LogP contribution >= 0.6 is 23.2 Å². The smallest absolute Gasteiger partial charge is 0.145 e. The first-order valence-corrected chi connectivity index (χ1v) is 7.65. The van der Waals surface area contributed by atoms with E-state index in [1.54, 1.807) is 29.2 Å². The summed E-state index contributed by atoms with van der Waals surface area (Å²) >= 11 is 12.0. The molecule has 120 valence electrons. The van der Waals surface area contributed by atoms with E-state index in [9.17, 15) is 5.11 Å². The maximum atomic E-state index is 10.6. The summed E-state index contributed by atoms with van der Waals surface area (Å²) in [6.07, 6.45) is 1.77. The maximum absolute atomic E-state index is 10.6. The summed E-state index contributed by atoms with van der Waals surface area (Å²) in [5.74, 6) is 0.472. The Bertz CT molecular complexity index is 612. The number of hydrogen-bond acceptors (Lipinski definition) is 4. The summed E-state index contributed by atoms with van der Waals surface area (Å²) in [5.41, 5.74) is -0.357. The molecule has 0 aliphatic heterocycles. The van der Waals surface area contributed by atoms with Crippen LogP contribution in [0.15, 0.2) is 30.9 Å². The van der Waals surface area contributed by atoms with E-state index in [-0.39, 0.29) is 5.41 Å². The Morgan fingerprint density at radius 3 is 2.59 bits per heavy atom. The van der Waals surface area contributed by atoms with Gasteiger partial charge in [0, 0.05) is 5.02 Å². The second-order valence-corrected chi connectivity index (χ2v) is 7.00. The third-order valence-corrected chi connectivity index (χ3v) is 3.78. The van der Waals surface area contributed by atoms with E-state index in [0.717, 1.165) is 0 Å². The summed E-state index contributed by atoms with van der Waals surface area (Å²) in [6, 6.07) is 4.99. The molecular weight excluding hydrogens is 325 g/mol. The van der Waals surface area contributed by atoms with Crippen LogP contribution in [0.5, 0.6) is 5.75 Å². The Hall–Kier alpha value is -1.30. The quantitative estimate of drug-likeness (QED) is 0.903. The van der Waals surface area contributed by atoms with Crippen LogP contribution < -0.4 is 4.74 Å². The van der Waals surface area contributed by atoms with Crippen molar-refractivity contribution in [3.05, 3.63) is 40.9 Å².